The van der Waals surface area contributed by atoms with Crippen molar-refractivity contribution in [1.82, 2.24) is 0 Å². The molecule has 14 heavy (non-hydrogen) atoms. The maximum Gasteiger partial charge on any atom is 0.0686 e. The van der Waals surface area contributed by atoms with E-state index in [0.29, 0.717) is 5.41 Å². The number of alkyl halides is 1. The summed E-state index contributed by atoms with van der Waals surface area (Å²) < 4.78 is 0.934. The molecule has 4 bridgehead atoms. The van der Waals surface area contributed by atoms with Crippen LogP contribution in [0, 0.1) is 23.2 Å². The number of halogens is 1. The van der Waals surface area contributed by atoms with Gasteiger partial charge in [0.05, 0.1) is 6.10 Å². The van der Waals surface area contributed by atoms with E-state index in [4.69, 9.17) is 0 Å². The average Bonchev–Trinajstić information content (AvgIpc) is 2.14. The van der Waals surface area contributed by atoms with Crippen LogP contribution in [0.25, 0.3) is 0 Å². The Morgan fingerprint density at radius 3 is 1.86 bits per heavy atom. The van der Waals surface area contributed by atoms with E-state index < -0.39 is 0 Å². The van der Waals surface area contributed by atoms with Crippen LogP contribution in [0.15, 0.2) is 0 Å². The van der Waals surface area contributed by atoms with Crippen molar-refractivity contribution in [3.63, 3.8) is 0 Å². The summed E-state index contributed by atoms with van der Waals surface area (Å²) in [4.78, 5) is 0. The van der Waals surface area contributed by atoms with Crippen molar-refractivity contribution in [1.29, 1.82) is 0 Å². The van der Waals surface area contributed by atoms with Crippen molar-refractivity contribution < 1.29 is 5.11 Å². The smallest absolute Gasteiger partial charge is 0.0686 e. The minimum atomic E-state index is -0.0171. The predicted molar refractivity (Wildman–Crippen MR) is 65.5 cm³/mol. The zero-order valence-electron chi connectivity index (χ0n) is 8.58. The van der Waals surface area contributed by atoms with Gasteiger partial charge in [-0.1, -0.05) is 22.6 Å². The first-order valence-electron chi connectivity index (χ1n) is 5.96. The Kier molecular flexibility index (Phi) is 2.36. The Labute approximate surface area is 99.8 Å². The van der Waals surface area contributed by atoms with E-state index in [0.717, 1.165) is 22.2 Å². The highest BCUT2D eigenvalue weighted by Crippen LogP contribution is 2.61. The van der Waals surface area contributed by atoms with Gasteiger partial charge in [0.15, 0.2) is 0 Å². The van der Waals surface area contributed by atoms with Gasteiger partial charge in [-0.2, -0.15) is 0 Å². The predicted octanol–water partition coefficient (Wildman–Crippen LogP) is 3.00. The molecule has 0 amide bonds. The van der Waals surface area contributed by atoms with Gasteiger partial charge in [0.25, 0.3) is 0 Å². The molecule has 80 valence electrons. The Morgan fingerprint density at radius 2 is 1.50 bits per heavy atom. The summed E-state index contributed by atoms with van der Waals surface area (Å²) in [6, 6.07) is 0. The van der Waals surface area contributed by atoms with Gasteiger partial charge in [-0.05, 0) is 61.7 Å². The highest BCUT2D eigenvalue weighted by atomic mass is 127. The first kappa shape index (κ1) is 9.88. The van der Waals surface area contributed by atoms with Gasteiger partial charge in [-0.3, -0.25) is 0 Å². The molecule has 2 heteroatoms. The maximum atomic E-state index is 10.2. The minimum Gasteiger partial charge on any atom is -0.392 e. The van der Waals surface area contributed by atoms with Gasteiger partial charge in [0.2, 0.25) is 0 Å². The van der Waals surface area contributed by atoms with Crippen LogP contribution in [-0.4, -0.2) is 15.6 Å². The maximum absolute atomic E-state index is 10.2. The third-order valence-corrected chi connectivity index (χ3v) is 5.77. The molecular weight excluding hydrogens is 287 g/mol. The van der Waals surface area contributed by atoms with Crippen molar-refractivity contribution in [2.75, 3.05) is 4.43 Å². The van der Waals surface area contributed by atoms with Crippen LogP contribution in [-0.2, 0) is 0 Å². The highest BCUT2D eigenvalue weighted by molar-refractivity contribution is 14.1. The monoisotopic (exact) mass is 306 g/mol. The van der Waals surface area contributed by atoms with E-state index in [1.807, 2.05) is 0 Å². The van der Waals surface area contributed by atoms with Gasteiger partial charge < -0.3 is 5.11 Å². The number of aliphatic hydroxyl groups excluding tert-OH is 1. The first-order valence-corrected chi connectivity index (χ1v) is 7.48. The summed E-state index contributed by atoms with van der Waals surface area (Å²) in [5.74, 6) is 2.91. The average molecular weight is 306 g/mol. The van der Waals surface area contributed by atoms with E-state index >= 15 is 0 Å². The molecule has 4 fully saturated rings. The zero-order chi connectivity index (χ0) is 9.76. The molecule has 1 N–H and O–H groups in total. The van der Waals surface area contributed by atoms with Crippen molar-refractivity contribution >= 4 is 22.6 Å². The van der Waals surface area contributed by atoms with Gasteiger partial charge >= 0.3 is 0 Å². The summed E-state index contributed by atoms with van der Waals surface area (Å²) in [6.07, 6.45) is 8.43. The number of hydrogen-bond acceptors (Lipinski definition) is 1. The summed E-state index contributed by atoms with van der Waals surface area (Å²) in [7, 11) is 0. The molecule has 0 heterocycles. The Bertz CT molecular complexity index is 203. The van der Waals surface area contributed by atoms with E-state index in [1.54, 1.807) is 0 Å². The van der Waals surface area contributed by atoms with Crippen LogP contribution in [0.2, 0.25) is 0 Å². The molecule has 0 aromatic heterocycles. The van der Waals surface area contributed by atoms with E-state index in [1.165, 1.54) is 38.5 Å². The Hall–Kier alpha value is 0.690. The lowest BCUT2D eigenvalue weighted by Crippen LogP contribution is -2.52. The fraction of sp³-hybridized carbons (Fsp3) is 1.00. The van der Waals surface area contributed by atoms with Crippen molar-refractivity contribution in [3.05, 3.63) is 0 Å². The van der Waals surface area contributed by atoms with E-state index in [2.05, 4.69) is 22.6 Å². The fourth-order valence-electron chi connectivity index (χ4n) is 4.75. The first-order chi connectivity index (χ1) is 6.72. The molecule has 4 aliphatic rings. The normalized spacial score (nSPS) is 52.3. The molecular formula is C12H19IO. The van der Waals surface area contributed by atoms with Crippen molar-refractivity contribution in [2.24, 2.45) is 23.2 Å². The molecule has 4 saturated carbocycles. The second kappa shape index (κ2) is 3.34. The SMILES string of the molecule is O[C@H](CI)C12CC3CC(CC(C3)C1)C2. The van der Waals surface area contributed by atoms with Crippen LogP contribution in [0.4, 0.5) is 0 Å². The molecule has 0 aliphatic heterocycles. The van der Waals surface area contributed by atoms with Gasteiger partial charge in [0.1, 0.15) is 0 Å². The zero-order valence-corrected chi connectivity index (χ0v) is 10.7. The summed E-state index contributed by atoms with van der Waals surface area (Å²) in [5.41, 5.74) is 0.357. The highest BCUT2D eigenvalue weighted by Gasteiger charge is 2.53. The lowest BCUT2D eigenvalue weighted by molar-refractivity contribution is -0.111. The molecule has 0 saturated heterocycles. The lowest BCUT2D eigenvalue weighted by Gasteiger charge is -2.58. The van der Waals surface area contributed by atoms with Crippen LogP contribution in [0.1, 0.15) is 38.5 Å². The van der Waals surface area contributed by atoms with Gasteiger partial charge in [-0.25, -0.2) is 0 Å². The molecule has 1 nitrogen and oxygen atoms in total. The second-order valence-corrected chi connectivity index (χ2v) is 6.83. The second-order valence-electron chi connectivity index (χ2n) is 5.95. The summed E-state index contributed by atoms with van der Waals surface area (Å²) in [6.45, 7) is 0. The molecule has 0 unspecified atom stereocenters. The standard InChI is InChI=1S/C12H19IO/c13-7-11(14)12-4-8-1-9(5-12)3-10(2-8)6-12/h8-11,14H,1-7H2/t8?,9?,10?,11-,12?/m1/s1. The molecule has 0 radical (unpaired) electrons. The molecule has 0 spiro atoms. The summed E-state index contributed by atoms with van der Waals surface area (Å²) in [5, 5.41) is 10.2. The largest absolute Gasteiger partial charge is 0.392 e. The molecule has 0 aromatic rings. The van der Waals surface area contributed by atoms with E-state index in [-0.39, 0.29) is 6.10 Å². The number of aliphatic hydroxyl groups is 1. The van der Waals surface area contributed by atoms with Gasteiger partial charge in [-0.15, -0.1) is 0 Å². The van der Waals surface area contributed by atoms with Crippen LogP contribution in [0.5, 0.6) is 0 Å². The molecule has 4 aliphatic carbocycles. The Morgan fingerprint density at radius 1 is 1.07 bits per heavy atom. The number of rotatable bonds is 2. The fourth-order valence-corrected chi connectivity index (χ4v) is 5.68. The van der Waals surface area contributed by atoms with Crippen molar-refractivity contribution in [3.8, 4) is 0 Å². The quantitative estimate of drug-likeness (QED) is 0.614. The third-order valence-electron chi connectivity index (χ3n) is 4.94. The van der Waals surface area contributed by atoms with Gasteiger partial charge in [0, 0.05) is 4.43 Å². The molecule has 0 aromatic carbocycles. The third kappa shape index (κ3) is 1.36. The molecule has 1 atom stereocenters. The van der Waals surface area contributed by atoms with Crippen molar-refractivity contribution in [2.45, 2.75) is 44.6 Å². The molecule has 4 rings (SSSR count). The topological polar surface area (TPSA) is 20.2 Å². The number of hydrogen-bond donors (Lipinski definition) is 1. The van der Waals surface area contributed by atoms with Crippen LogP contribution < -0.4 is 0 Å². The lowest BCUT2D eigenvalue weighted by atomic mass is 9.48. The van der Waals surface area contributed by atoms with Crippen LogP contribution in [0.3, 0.4) is 0 Å². The Balaban J connectivity index is 1.87. The van der Waals surface area contributed by atoms with Crippen LogP contribution >= 0.6 is 22.6 Å². The minimum absolute atomic E-state index is 0.0171. The summed E-state index contributed by atoms with van der Waals surface area (Å²) >= 11 is 2.35. The van der Waals surface area contributed by atoms with E-state index in [9.17, 15) is 5.11 Å².